The van der Waals surface area contributed by atoms with Crippen molar-refractivity contribution in [2.45, 2.75) is 45.9 Å². The standard InChI is InChI=1S/C19H30N4O3.HI/c1-13-9-14(7-8-16(13)25-6)10-21-17(20-5)22-15-11-23(12-15)18(24)26-19(2,3)4;/h7-9,15H,10-12H2,1-6H3,(H2,20,21,22);1H. The van der Waals surface area contributed by atoms with Crippen LogP contribution in [0.5, 0.6) is 5.75 Å². The highest BCUT2D eigenvalue weighted by atomic mass is 127. The van der Waals surface area contributed by atoms with Crippen LogP contribution in [0.1, 0.15) is 31.9 Å². The maximum Gasteiger partial charge on any atom is 0.410 e. The molecule has 1 fully saturated rings. The first-order chi connectivity index (χ1) is 12.2. The first-order valence-corrected chi connectivity index (χ1v) is 8.80. The third-order valence-corrected chi connectivity index (χ3v) is 4.02. The summed E-state index contributed by atoms with van der Waals surface area (Å²) in [5, 5.41) is 6.62. The highest BCUT2D eigenvalue weighted by molar-refractivity contribution is 14.0. The van der Waals surface area contributed by atoms with Crippen molar-refractivity contribution in [1.82, 2.24) is 15.5 Å². The zero-order chi connectivity index (χ0) is 19.3. The lowest BCUT2D eigenvalue weighted by Crippen LogP contribution is -2.63. The first-order valence-electron chi connectivity index (χ1n) is 8.80. The molecular formula is C19H31IN4O3. The van der Waals surface area contributed by atoms with Gasteiger partial charge in [-0.05, 0) is 44.9 Å². The molecule has 0 saturated carbocycles. The fourth-order valence-electron chi connectivity index (χ4n) is 2.67. The van der Waals surface area contributed by atoms with Crippen molar-refractivity contribution in [3.05, 3.63) is 29.3 Å². The number of methoxy groups -OCH3 is 1. The number of ether oxygens (including phenoxy) is 2. The zero-order valence-electron chi connectivity index (χ0n) is 17.0. The number of amides is 1. The minimum atomic E-state index is -0.469. The lowest BCUT2D eigenvalue weighted by atomic mass is 10.1. The van der Waals surface area contributed by atoms with Crippen LogP contribution in [-0.4, -0.2) is 55.8 Å². The molecule has 1 saturated heterocycles. The summed E-state index contributed by atoms with van der Waals surface area (Å²) < 4.78 is 10.6. The summed E-state index contributed by atoms with van der Waals surface area (Å²) in [5.74, 6) is 1.60. The van der Waals surface area contributed by atoms with Crippen LogP contribution in [0.3, 0.4) is 0 Å². The van der Waals surface area contributed by atoms with E-state index in [0.29, 0.717) is 25.6 Å². The van der Waals surface area contributed by atoms with E-state index < -0.39 is 5.60 Å². The Hall–Kier alpha value is -1.71. The van der Waals surface area contributed by atoms with E-state index in [1.807, 2.05) is 39.8 Å². The number of carbonyl (C=O) groups excluding carboxylic acids is 1. The number of benzene rings is 1. The minimum Gasteiger partial charge on any atom is -0.496 e. The van der Waals surface area contributed by atoms with Crippen LogP contribution in [0.4, 0.5) is 4.79 Å². The van der Waals surface area contributed by atoms with Crippen LogP contribution in [0, 0.1) is 6.92 Å². The second-order valence-electron chi connectivity index (χ2n) is 7.46. The third-order valence-electron chi connectivity index (χ3n) is 4.02. The summed E-state index contributed by atoms with van der Waals surface area (Å²) in [7, 11) is 3.41. The highest BCUT2D eigenvalue weighted by Crippen LogP contribution is 2.18. The molecule has 2 rings (SSSR count). The summed E-state index contributed by atoms with van der Waals surface area (Å²) in [6, 6.07) is 6.26. The molecule has 0 atom stereocenters. The van der Waals surface area contributed by atoms with Crippen LogP contribution in [0.15, 0.2) is 23.2 Å². The van der Waals surface area contributed by atoms with Crippen molar-refractivity contribution in [3.8, 4) is 5.75 Å². The number of nitrogens with zero attached hydrogens (tertiary/aromatic N) is 2. The Morgan fingerprint density at radius 3 is 2.52 bits per heavy atom. The van der Waals surface area contributed by atoms with E-state index in [1.165, 1.54) is 0 Å². The molecule has 1 aromatic rings. The van der Waals surface area contributed by atoms with E-state index in [0.717, 1.165) is 16.9 Å². The zero-order valence-corrected chi connectivity index (χ0v) is 19.3. The third kappa shape index (κ3) is 7.08. The Balaban J connectivity index is 0.00000364. The van der Waals surface area contributed by atoms with Gasteiger partial charge in [-0.15, -0.1) is 24.0 Å². The fraction of sp³-hybridized carbons (Fsp3) is 0.579. The van der Waals surface area contributed by atoms with Gasteiger partial charge in [-0.2, -0.15) is 0 Å². The predicted octanol–water partition coefficient (Wildman–Crippen LogP) is 2.91. The molecular weight excluding hydrogens is 459 g/mol. The monoisotopic (exact) mass is 490 g/mol. The molecule has 152 valence electrons. The van der Waals surface area contributed by atoms with Crippen LogP contribution in [0.25, 0.3) is 0 Å². The number of hydrogen-bond acceptors (Lipinski definition) is 4. The maximum absolute atomic E-state index is 12.0. The molecule has 1 aromatic carbocycles. The number of guanidine groups is 1. The van der Waals surface area contributed by atoms with Gasteiger partial charge in [0.1, 0.15) is 11.4 Å². The topological polar surface area (TPSA) is 75.2 Å². The van der Waals surface area contributed by atoms with Crippen LogP contribution in [-0.2, 0) is 11.3 Å². The molecule has 1 amide bonds. The van der Waals surface area contributed by atoms with Crippen molar-refractivity contribution in [3.63, 3.8) is 0 Å². The van der Waals surface area contributed by atoms with E-state index in [9.17, 15) is 4.79 Å². The minimum absolute atomic E-state index is 0. The molecule has 7 nitrogen and oxygen atoms in total. The van der Waals surface area contributed by atoms with Gasteiger partial charge < -0.3 is 25.0 Å². The molecule has 1 aliphatic rings. The molecule has 0 unspecified atom stereocenters. The normalized spacial score (nSPS) is 14.7. The second-order valence-corrected chi connectivity index (χ2v) is 7.46. The molecule has 27 heavy (non-hydrogen) atoms. The number of hydrogen-bond donors (Lipinski definition) is 2. The lowest BCUT2D eigenvalue weighted by molar-refractivity contribution is 0.00701. The first kappa shape index (κ1) is 23.3. The summed E-state index contributed by atoms with van der Waals surface area (Å²) in [6.45, 7) is 9.50. The average molecular weight is 490 g/mol. The SMILES string of the molecule is CN=C(NCc1ccc(OC)c(C)c1)NC1CN(C(=O)OC(C)(C)C)C1.I. The van der Waals surface area contributed by atoms with Crippen molar-refractivity contribution in [2.24, 2.45) is 4.99 Å². The smallest absolute Gasteiger partial charge is 0.410 e. The summed E-state index contributed by atoms with van der Waals surface area (Å²) >= 11 is 0. The molecule has 0 bridgehead atoms. The van der Waals surface area contributed by atoms with Crippen LogP contribution < -0.4 is 15.4 Å². The van der Waals surface area contributed by atoms with E-state index >= 15 is 0 Å². The molecule has 0 spiro atoms. The van der Waals surface area contributed by atoms with Gasteiger partial charge in [0.2, 0.25) is 0 Å². The van der Waals surface area contributed by atoms with E-state index in [-0.39, 0.29) is 36.1 Å². The van der Waals surface area contributed by atoms with Crippen molar-refractivity contribution in [1.29, 1.82) is 0 Å². The Labute approximate surface area is 178 Å². The van der Waals surface area contributed by atoms with Gasteiger partial charge in [-0.1, -0.05) is 12.1 Å². The van der Waals surface area contributed by atoms with Gasteiger partial charge in [0.15, 0.2) is 5.96 Å². The molecule has 8 heteroatoms. The largest absolute Gasteiger partial charge is 0.496 e. The molecule has 0 radical (unpaired) electrons. The van der Waals surface area contributed by atoms with E-state index in [4.69, 9.17) is 9.47 Å². The fourth-order valence-corrected chi connectivity index (χ4v) is 2.67. The number of aryl methyl sites for hydroxylation is 1. The predicted molar refractivity (Wildman–Crippen MR) is 118 cm³/mol. The molecule has 0 aliphatic carbocycles. The van der Waals surface area contributed by atoms with Crippen LogP contribution in [0.2, 0.25) is 0 Å². The summed E-state index contributed by atoms with van der Waals surface area (Å²) in [4.78, 5) is 17.9. The van der Waals surface area contributed by atoms with Gasteiger partial charge in [0.05, 0.1) is 13.2 Å². The number of nitrogens with one attached hydrogen (secondary N) is 2. The van der Waals surface area contributed by atoms with Gasteiger partial charge in [-0.25, -0.2) is 4.79 Å². The Morgan fingerprint density at radius 1 is 1.33 bits per heavy atom. The average Bonchev–Trinajstić information content (AvgIpc) is 2.51. The summed E-state index contributed by atoms with van der Waals surface area (Å²) in [6.07, 6.45) is -0.271. The number of likely N-dealkylation sites (tertiary alicyclic amines) is 1. The molecule has 1 heterocycles. The second kappa shape index (κ2) is 10.0. The van der Waals surface area contributed by atoms with Crippen molar-refractivity contribution >= 4 is 36.0 Å². The van der Waals surface area contributed by atoms with Crippen molar-refractivity contribution in [2.75, 3.05) is 27.2 Å². The van der Waals surface area contributed by atoms with Gasteiger partial charge in [0, 0.05) is 26.7 Å². The molecule has 0 aromatic heterocycles. The van der Waals surface area contributed by atoms with Crippen molar-refractivity contribution < 1.29 is 14.3 Å². The maximum atomic E-state index is 12.0. The number of carbonyl (C=O) groups is 1. The lowest BCUT2D eigenvalue weighted by Gasteiger charge is -2.40. The quantitative estimate of drug-likeness (QED) is 0.386. The number of aliphatic imine (C=N–C) groups is 1. The molecule has 1 aliphatic heterocycles. The Kier molecular flexibility index (Phi) is 8.64. The van der Waals surface area contributed by atoms with E-state index in [2.05, 4.69) is 21.7 Å². The van der Waals surface area contributed by atoms with Crippen LogP contribution >= 0.6 is 24.0 Å². The Bertz CT molecular complexity index is 667. The van der Waals surface area contributed by atoms with E-state index in [1.54, 1.807) is 19.1 Å². The highest BCUT2D eigenvalue weighted by Gasteiger charge is 2.34. The van der Waals surface area contributed by atoms with Gasteiger partial charge >= 0.3 is 6.09 Å². The number of rotatable bonds is 4. The van der Waals surface area contributed by atoms with Gasteiger partial charge in [0.25, 0.3) is 0 Å². The summed E-state index contributed by atoms with van der Waals surface area (Å²) in [5.41, 5.74) is 1.78. The number of halogens is 1. The Morgan fingerprint density at radius 2 is 2.00 bits per heavy atom. The molecule has 2 N–H and O–H groups in total. The van der Waals surface area contributed by atoms with Gasteiger partial charge in [-0.3, -0.25) is 4.99 Å².